The van der Waals surface area contributed by atoms with Crippen molar-refractivity contribution >= 4 is 33.1 Å². The number of nitrogens with zero attached hydrogens (tertiary/aromatic N) is 1. The van der Waals surface area contributed by atoms with Gasteiger partial charge in [0.25, 0.3) is 0 Å². The monoisotopic (exact) mass is 536 g/mol. The number of hydrogen-bond donors (Lipinski definition) is 0. The topological polar surface area (TPSA) is 90.0 Å². The van der Waals surface area contributed by atoms with E-state index in [1.165, 1.54) is 17.0 Å². The van der Waals surface area contributed by atoms with Gasteiger partial charge in [0.2, 0.25) is 15.7 Å². The number of hydrogen-bond acceptors (Lipinski definition) is 6. The molecule has 0 saturated carbocycles. The van der Waals surface area contributed by atoms with E-state index in [0.29, 0.717) is 36.8 Å². The van der Waals surface area contributed by atoms with Crippen LogP contribution in [-0.4, -0.2) is 40.1 Å². The van der Waals surface area contributed by atoms with Gasteiger partial charge in [-0.3, -0.25) is 14.5 Å². The third-order valence-electron chi connectivity index (χ3n) is 7.53. The van der Waals surface area contributed by atoms with Gasteiger partial charge in [-0.2, -0.15) is 0 Å². The van der Waals surface area contributed by atoms with Crippen LogP contribution in [0.4, 0.5) is 11.4 Å². The van der Waals surface area contributed by atoms with Crippen LogP contribution in [0.2, 0.25) is 0 Å². The van der Waals surface area contributed by atoms with Crippen LogP contribution < -0.4 is 4.90 Å². The average molecular weight is 537 g/mol. The number of para-hydroxylation sites is 1. The van der Waals surface area contributed by atoms with E-state index in [-0.39, 0.29) is 45.3 Å². The first-order chi connectivity index (χ1) is 18.0. The first kappa shape index (κ1) is 26.6. The normalized spacial score (nSPS) is 19.7. The Balaban J connectivity index is 1.60. The number of fused-ring (bicyclic) bond motifs is 2. The molecule has 1 saturated heterocycles. The number of ether oxygens (including phenoxy) is 2. The Kier molecular flexibility index (Phi) is 6.99. The van der Waals surface area contributed by atoms with Crippen LogP contribution in [0, 0.1) is 17.3 Å². The first-order valence-corrected chi connectivity index (χ1v) is 14.7. The third-order valence-corrected chi connectivity index (χ3v) is 9.38. The summed E-state index contributed by atoms with van der Waals surface area (Å²) in [4.78, 5) is 28.7. The number of sulfone groups is 1. The Labute approximate surface area is 224 Å². The fraction of sp³-hybridized carbons (Fsp3) is 0.433. The highest BCUT2D eigenvalue weighted by atomic mass is 32.2. The molecule has 0 N–H and O–H groups in total. The van der Waals surface area contributed by atoms with Gasteiger partial charge in [-0.25, -0.2) is 8.42 Å². The fourth-order valence-corrected chi connectivity index (χ4v) is 7.04. The predicted octanol–water partition coefficient (Wildman–Crippen LogP) is 5.52. The number of benzene rings is 2. The molecule has 1 atom stereocenters. The van der Waals surface area contributed by atoms with Crippen molar-refractivity contribution < 1.29 is 27.5 Å². The van der Waals surface area contributed by atoms with Crippen molar-refractivity contribution in [3.63, 3.8) is 0 Å². The van der Waals surface area contributed by atoms with Crippen molar-refractivity contribution in [2.75, 3.05) is 24.7 Å². The maximum absolute atomic E-state index is 13.9. The van der Waals surface area contributed by atoms with E-state index in [2.05, 4.69) is 0 Å². The number of anilines is 2. The maximum Gasteiger partial charge on any atom is 0.313 e. The summed E-state index contributed by atoms with van der Waals surface area (Å²) in [5.74, 6) is -0.307. The lowest BCUT2D eigenvalue weighted by Gasteiger charge is -2.33. The zero-order valence-corrected chi connectivity index (χ0v) is 23.1. The quantitative estimate of drug-likeness (QED) is 0.452. The van der Waals surface area contributed by atoms with Crippen molar-refractivity contribution in [2.45, 2.75) is 62.7 Å². The van der Waals surface area contributed by atoms with Gasteiger partial charge in [-0.05, 0) is 72.9 Å². The Bertz CT molecular complexity index is 1400. The smallest absolute Gasteiger partial charge is 0.313 e. The predicted molar refractivity (Wildman–Crippen MR) is 144 cm³/mol. The van der Waals surface area contributed by atoms with Crippen LogP contribution in [0.15, 0.2) is 63.9 Å². The van der Waals surface area contributed by atoms with Crippen LogP contribution in [0.25, 0.3) is 0 Å². The molecule has 2 heterocycles. The van der Waals surface area contributed by atoms with Gasteiger partial charge < -0.3 is 9.47 Å². The molecule has 1 unspecified atom stereocenters. The van der Waals surface area contributed by atoms with Crippen LogP contribution in [-0.2, 0) is 28.9 Å². The number of carbonyl (C=O) groups excluding carboxylic acids is 2. The van der Waals surface area contributed by atoms with E-state index < -0.39 is 15.8 Å². The third kappa shape index (κ3) is 4.80. The van der Waals surface area contributed by atoms with Crippen LogP contribution in [0.1, 0.15) is 58.4 Å². The van der Waals surface area contributed by atoms with Gasteiger partial charge in [0, 0.05) is 13.2 Å². The van der Waals surface area contributed by atoms with Gasteiger partial charge in [-0.15, -0.1) is 0 Å². The largest absolute Gasteiger partial charge is 0.466 e. The van der Waals surface area contributed by atoms with Crippen LogP contribution >= 0.6 is 0 Å². The lowest BCUT2D eigenvalue weighted by Crippen LogP contribution is -2.34. The summed E-state index contributed by atoms with van der Waals surface area (Å²) in [7, 11) is -3.87. The molecular weight excluding hydrogens is 502 g/mol. The summed E-state index contributed by atoms with van der Waals surface area (Å²) >= 11 is 0. The molecule has 0 bridgehead atoms. The summed E-state index contributed by atoms with van der Waals surface area (Å²) < 4.78 is 38.2. The molecule has 0 spiro atoms. The Hall–Kier alpha value is -2.97. The molecule has 2 aromatic rings. The van der Waals surface area contributed by atoms with E-state index in [9.17, 15) is 18.0 Å². The van der Waals surface area contributed by atoms with E-state index in [4.69, 9.17) is 9.47 Å². The SMILES string of the molecule is CCOC(=O)C(CC1CCOCC1)c1ccc2c(c1)N(C(=O)[C]1C=C1C(C)(C)C)c1ccccc1S2(=O)=O. The molecule has 1 amide bonds. The number of amides is 1. The zero-order valence-electron chi connectivity index (χ0n) is 22.3. The molecule has 0 aromatic heterocycles. The van der Waals surface area contributed by atoms with Crippen molar-refractivity contribution in [2.24, 2.45) is 11.3 Å². The summed E-state index contributed by atoms with van der Waals surface area (Å²) in [5.41, 5.74) is 1.99. The molecule has 7 nitrogen and oxygen atoms in total. The summed E-state index contributed by atoms with van der Waals surface area (Å²) in [6, 6.07) is 11.5. The molecule has 5 rings (SSSR count). The minimum atomic E-state index is -3.87. The van der Waals surface area contributed by atoms with E-state index in [1.54, 1.807) is 37.3 Å². The Morgan fingerprint density at radius 2 is 1.74 bits per heavy atom. The summed E-state index contributed by atoms with van der Waals surface area (Å²) in [6.07, 6.45) is 4.15. The van der Waals surface area contributed by atoms with E-state index in [0.717, 1.165) is 18.4 Å². The minimum Gasteiger partial charge on any atom is -0.466 e. The van der Waals surface area contributed by atoms with Crippen molar-refractivity contribution in [3.8, 4) is 0 Å². The van der Waals surface area contributed by atoms with Crippen molar-refractivity contribution in [3.05, 3.63) is 65.6 Å². The van der Waals surface area contributed by atoms with E-state index >= 15 is 0 Å². The highest BCUT2D eigenvalue weighted by Crippen LogP contribution is 2.51. The molecule has 1 radical (unpaired) electrons. The second kappa shape index (κ2) is 9.97. The number of carbonyl (C=O) groups is 2. The first-order valence-electron chi connectivity index (χ1n) is 13.2. The van der Waals surface area contributed by atoms with Crippen molar-refractivity contribution in [1.29, 1.82) is 0 Å². The van der Waals surface area contributed by atoms with Crippen molar-refractivity contribution in [1.82, 2.24) is 0 Å². The highest BCUT2D eigenvalue weighted by molar-refractivity contribution is 7.92. The second-order valence-electron chi connectivity index (χ2n) is 11.2. The summed E-state index contributed by atoms with van der Waals surface area (Å²) in [5, 5.41) is 0. The maximum atomic E-state index is 13.9. The van der Waals surface area contributed by atoms with E-state index in [1.807, 2.05) is 26.8 Å². The zero-order chi connectivity index (χ0) is 27.2. The van der Waals surface area contributed by atoms with Gasteiger partial charge in [-0.1, -0.05) is 45.0 Å². The molecule has 8 heteroatoms. The average Bonchev–Trinajstić information content (AvgIpc) is 3.70. The summed E-state index contributed by atoms with van der Waals surface area (Å²) in [6.45, 7) is 9.46. The van der Waals surface area contributed by atoms with Gasteiger partial charge in [0.15, 0.2) is 0 Å². The molecule has 38 heavy (non-hydrogen) atoms. The lowest BCUT2D eigenvalue weighted by molar-refractivity contribution is -0.145. The minimum absolute atomic E-state index is 0.0560. The van der Waals surface area contributed by atoms with Crippen LogP contribution in [0.3, 0.4) is 0 Å². The molecule has 2 aromatic carbocycles. The number of rotatable bonds is 6. The molecule has 1 aliphatic carbocycles. The molecular formula is C30H34NO6S. The molecule has 2 aliphatic heterocycles. The second-order valence-corrected chi connectivity index (χ2v) is 13.0. The Morgan fingerprint density at radius 3 is 2.39 bits per heavy atom. The standard InChI is InChI=1S/C30H34NO6S/c1-5-37-29(33)21(16-19-12-14-36-15-13-19)20-10-11-27-25(17-20)31(28(32)22-18-23(22)30(2,3)4)24-8-6-7-9-26(24)38(27,34)35/h6-11,17-19,21H,5,12-16H2,1-4H3. The molecule has 1 fully saturated rings. The van der Waals surface area contributed by atoms with Gasteiger partial charge in [0.1, 0.15) is 5.92 Å². The molecule has 3 aliphatic rings. The van der Waals surface area contributed by atoms with Gasteiger partial charge >= 0.3 is 5.97 Å². The highest BCUT2D eigenvalue weighted by Gasteiger charge is 2.46. The fourth-order valence-electron chi connectivity index (χ4n) is 5.44. The lowest BCUT2D eigenvalue weighted by atomic mass is 9.84. The number of esters is 1. The van der Waals surface area contributed by atoms with Crippen LogP contribution in [0.5, 0.6) is 0 Å². The molecule has 201 valence electrons. The van der Waals surface area contributed by atoms with Gasteiger partial charge in [0.05, 0.1) is 33.7 Å². The Morgan fingerprint density at radius 1 is 1.05 bits per heavy atom.